The third-order valence-electron chi connectivity index (χ3n) is 1.98. The van der Waals surface area contributed by atoms with Gasteiger partial charge in [-0.15, -0.1) is 10.2 Å². The summed E-state index contributed by atoms with van der Waals surface area (Å²) in [5.41, 5.74) is 3.70. The molecule has 8 heteroatoms. The van der Waals surface area contributed by atoms with Gasteiger partial charge in [0.2, 0.25) is 5.13 Å². The number of aromatic nitrogens is 2. The lowest BCUT2D eigenvalue weighted by molar-refractivity contribution is -0.139. The topological polar surface area (TPSA) is 51.8 Å². The predicted octanol–water partition coefficient (Wildman–Crippen LogP) is 2.95. The molecule has 0 atom stereocenters. The van der Waals surface area contributed by atoms with Gasteiger partial charge >= 0.3 is 6.18 Å². The van der Waals surface area contributed by atoms with Crippen molar-refractivity contribution in [1.29, 1.82) is 0 Å². The van der Waals surface area contributed by atoms with Crippen LogP contribution in [0.1, 0.15) is 5.56 Å². The molecular formula is C9H5F4N3S. The van der Waals surface area contributed by atoms with E-state index >= 15 is 0 Å². The summed E-state index contributed by atoms with van der Waals surface area (Å²) in [6, 6.07) is 2.98. The number of benzene rings is 1. The second-order valence-corrected chi connectivity index (χ2v) is 4.12. The van der Waals surface area contributed by atoms with E-state index in [-0.39, 0.29) is 15.7 Å². The molecule has 0 aliphatic rings. The maximum absolute atomic E-state index is 13.6. The highest BCUT2D eigenvalue weighted by molar-refractivity contribution is 7.18. The largest absolute Gasteiger partial charge is 0.419 e. The first-order valence-electron chi connectivity index (χ1n) is 4.34. The molecule has 3 nitrogen and oxygen atoms in total. The van der Waals surface area contributed by atoms with E-state index in [1.165, 1.54) is 6.07 Å². The van der Waals surface area contributed by atoms with E-state index in [1.807, 2.05) is 0 Å². The summed E-state index contributed by atoms with van der Waals surface area (Å²) in [6.45, 7) is 0. The number of hydrogen-bond acceptors (Lipinski definition) is 4. The Bertz CT molecular complexity index is 549. The van der Waals surface area contributed by atoms with Crippen LogP contribution in [0, 0.1) is 5.82 Å². The summed E-state index contributed by atoms with van der Waals surface area (Å²) in [5.74, 6) is -1.36. The van der Waals surface area contributed by atoms with Crippen molar-refractivity contribution in [1.82, 2.24) is 10.2 Å². The minimum absolute atomic E-state index is 0.0195. The number of nitrogen functional groups attached to an aromatic ring is 1. The fourth-order valence-corrected chi connectivity index (χ4v) is 1.89. The minimum Gasteiger partial charge on any atom is -0.374 e. The lowest BCUT2D eigenvalue weighted by atomic mass is 10.1. The maximum atomic E-state index is 13.6. The van der Waals surface area contributed by atoms with Gasteiger partial charge in [0.1, 0.15) is 5.82 Å². The van der Waals surface area contributed by atoms with Gasteiger partial charge in [0.25, 0.3) is 0 Å². The minimum atomic E-state index is -4.74. The first kappa shape index (κ1) is 11.8. The monoisotopic (exact) mass is 263 g/mol. The molecule has 0 amide bonds. The Balaban J connectivity index is 2.57. The average Bonchev–Trinajstić information content (AvgIpc) is 2.63. The van der Waals surface area contributed by atoms with Crippen LogP contribution in [0.5, 0.6) is 0 Å². The number of halogens is 4. The summed E-state index contributed by atoms with van der Waals surface area (Å²) >= 11 is 0.823. The molecule has 0 fully saturated rings. The predicted molar refractivity (Wildman–Crippen MR) is 54.7 cm³/mol. The van der Waals surface area contributed by atoms with Gasteiger partial charge in [0, 0.05) is 5.56 Å². The van der Waals surface area contributed by atoms with Crippen molar-refractivity contribution < 1.29 is 17.6 Å². The van der Waals surface area contributed by atoms with Crippen molar-refractivity contribution in [3.63, 3.8) is 0 Å². The second-order valence-electron chi connectivity index (χ2n) is 3.11. The lowest BCUT2D eigenvalue weighted by Gasteiger charge is -2.09. The van der Waals surface area contributed by atoms with Crippen LogP contribution in [-0.4, -0.2) is 10.2 Å². The molecule has 2 rings (SSSR count). The first-order valence-corrected chi connectivity index (χ1v) is 5.16. The van der Waals surface area contributed by atoms with Crippen LogP contribution >= 0.6 is 11.3 Å². The highest BCUT2D eigenvalue weighted by Gasteiger charge is 2.35. The SMILES string of the molecule is Nc1nnc(-c2cccc(C(F)(F)F)c2F)s1. The molecule has 0 unspecified atom stereocenters. The number of nitrogens with two attached hydrogens (primary N) is 1. The average molecular weight is 263 g/mol. The molecule has 1 aromatic carbocycles. The van der Waals surface area contributed by atoms with Crippen molar-refractivity contribution in [3.8, 4) is 10.6 Å². The van der Waals surface area contributed by atoms with Crippen LogP contribution in [0.2, 0.25) is 0 Å². The molecule has 0 aliphatic heterocycles. The molecule has 1 aromatic heterocycles. The first-order chi connectivity index (χ1) is 7.89. The zero-order chi connectivity index (χ0) is 12.6. The zero-order valence-corrected chi connectivity index (χ0v) is 8.94. The molecular weight excluding hydrogens is 258 g/mol. The van der Waals surface area contributed by atoms with Crippen molar-refractivity contribution in [2.45, 2.75) is 6.18 Å². The van der Waals surface area contributed by atoms with Crippen LogP contribution in [-0.2, 0) is 6.18 Å². The number of hydrogen-bond donors (Lipinski definition) is 1. The summed E-state index contributed by atoms with van der Waals surface area (Å²) in [7, 11) is 0. The van der Waals surface area contributed by atoms with Crippen molar-refractivity contribution in [3.05, 3.63) is 29.6 Å². The Morgan fingerprint density at radius 1 is 1.18 bits per heavy atom. The molecule has 2 N–H and O–H groups in total. The third kappa shape index (κ3) is 2.21. The molecule has 0 bridgehead atoms. The van der Waals surface area contributed by atoms with Gasteiger partial charge in [-0.2, -0.15) is 13.2 Å². The summed E-state index contributed by atoms with van der Waals surface area (Å²) in [6.07, 6.45) is -4.74. The Morgan fingerprint density at radius 2 is 1.88 bits per heavy atom. The smallest absolute Gasteiger partial charge is 0.374 e. The highest BCUT2D eigenvalue weighted by atomic mass is 32.1. The number of nitrogens with zero attached hydrogens (tertiary/aromatic N) is 2. The van der Waals surface area contributed by atoms with Crippen molar-refractivity contribution in [2.24, 2.45) is 0 Å². The van der Waals surface area contributed by atoms with E-state index in [1.54, 1.807) is 0 Å². The third-order valence-corrected chi connectivity index (χ3v) is 2.76. The molecule has 0 saturated carbocycles. The van der Waals surface area contributed by atoms with E-state index in [2.05, 4.69) is 10.2 Å². The van der Waals surface area contributed by atoms with E-state index < -0.39 is 17.6 Å². The van der Waals surface area contributed by atoms with Gasteiger partial charge in [0.15, 0.2) is 5.01 Å². The molecule has 90 valence electrons. The molecule has 0 radical (unpaired) electrons. The van der Waals surface area contributed by atoms with E-state index in [0.29, 0.717) is 6.07 Å². The van der Waals surface area contributed by atoms with Crippen LogP contribution in [0.4, 0.5) is 22.7 Å². The number of rotatable bonds is 1. The standard InChI is InChI=1S/C9H5F4N3S/c10-6-4(7-15-16-8(14)17-7)2-1-3-5(6)9(11,12)13/h1-3H,(H2,14,16). The summed E-state index contributed by atoms with van der Waals surface area (Å²) < 4.78 is 51.0. The van der Waals surface area contributed by atoms with Gasteiger partial charge in [-0.25, -0.2) is 4.39 Å². The molecule has 2 aromatic rings. The quantitative estimate of drug-likeness (QED) is 0.805. The van der Waals surface area contributed by atoms with E-state index in [9.17, 15) is 17.6 Å². The maximum Gasteiger partial charge on any atom is 0.419 e. The van der Waals surface area contributed by atoms with Gasteiger partial charge in [-0.05, 0) is 12.1 Å². The molecule has 0 aliphatic carbocycles. The Kier molecular flexibility index (Phi) is 2.74. The van der Waals surface area contributed by atoms with Crippen LogP contribution in [0.3, 0.4) is 0 Å². The van der Waals surface area contributed by atoms with Crippen molar-refractivity contribution in [2.75, 3.05) is 5.73 Å². The highest BCUT2D eigenvalue weighted by Crippen LogP contribution is 2.36. The molecule has 0 spiro atoms. The molecule has 1 heterocycles. The lowest BCUT2D eigenvalue weighted by Crippen LogP contribution is -2.08. The molecule has 17 heavy (non-hydrogen) atoms. The molecule has 0 saturated heterocycles. The van der Waals surface area contributed by atoms with Crippen LogP contribution < -0.4 is 5.73 Å². The zero-order valence-electron chi connectivity index (χ0n) is 8.12. The Labute approximate surface area is 96.9 Å². The van der Waals surface area contributed by atoms with Crippen LogP contribution in [0.25, 0.3) is 10.6 Å². The Morgan fingerprint density at radius 3 is 2.41 bits per heavy atom. The van der Waals surface area contributed by atoms with Gasteiger partial charge < -0.3 is 5.73 Å². The van der Waals surface area contributed by atoms with Crippen LogP contribution in [0.15, 0.2) is 18.2 Å². The van der Waals surface area contributed by atoms with Gasteiger partial charge in [-0.1, -0.05) is 17.4 Å². The van der Waals surface area contributed by atoms with E-state index in [4.69, 9.17) is 5.73 Å². The fraction of sp³-hybridized carbons (Fsp3) is 0.111. The number of alkyl halides is 3. The fourth-order valence-electron chi connectivity index (χ4n) is 1.26. The summed E-state index contributed by atoms with van der Waals surface area (Å²) in [4.78, 5) is 0. The summed E-state index contributed by atoms with van der Waals surface area (Å²) in [5, 5.41) is 7.02. The second kappa shape index (κ2) is 3.95. The van der Waals surface area contributed by atoms with Gasteiger partial charge in [-0.3, -0.25) is 0 Å². The van der Waals surface area contributed by atoms with Crippen molar-refractivity contribution >= 4 is 16.5 Å². The van der Waals surface area contributed by atoms with Gasteiger partial charge in [0.05, 0.1) is 5.56 Å². The Hall–Kier alpha value is -1.70. The normalized spacial score (nSPS) is 11.8. The van der Waals surface area contributed by atoms with E-state index in [0.717, 1.165) is 17.4 Å². The number of anilines is 1.